The van der Waals surface area contributed by atoms with Gasteiger partial charge in [-0.3, -0.25) is 19.1 Å². The maximum absolute atomic E-state index is 12.0. The first kappa shape index (κ1) is 27.3. The van der Waals surface area contributed by atoms with Crippen molar-refractivity contribution in [3.63, 3.8) is 0 Å². The number of rotatable bonds is 17. The van der Waals surface area contributed by atoms with Gasteiger partial charge in [0.2, 0.25) is 0 Å². The van der Waals surface area contributed by atoms with Gasteiger partial charge in [-0.05, 0) is 13.3 Å². The van der Waals surface area contributed by atoms with E-state index in [1.807, 2.05) is 0 Å². The molecule has 188 valence electrons. The highest BCUT2D eigenvalue weighted by molar-refractivity contribution is 5.69. The van der Waals surface area contributed by atoms with Crippen molar-refractivity contribution in [2.45, 2.75) is 116 Å². The quantitative estimate of drug-likeness (QED) is 0.263. The number of aromatic nitrogens is 2. The Kier molecular flexibility index (Phi) is 13.1. The van der Waals surface area contributed by atoms with E-state index >= 15 is 0 Å². The summed E-state index contributed by atoms with van der Waals surface area (Å²) in [6, 6.07) is 0. The summed E-state index contributed by atoms with van der Waals surface area (Å²) in [4.78, 5) is 37.6. The molecule has 1 aliphatic heterocycles. The third kappa shape index (κ3) is 10.7. The van der Waals surface area contributed by atoms with Crippen molar-refractivity contribution >= 4 is 5.97 Å². The van der Waals surface area contributed by atoms with Crippen LogP contribution in [0.4, 0.5) is 0 Å². The molecule has 0 radical (unpaired) electrons. The first-order valence-electron chi connectivity index (χ1n) is 12.8. The van der Waals surface area contributed by atoms with Crippen molar-refractivity contribution in [2.75, 3.05) is 13.2 Å². The minimum Gasteiger partial charge on any atom is -0.460 e. The Hall–Kier alpha value is -1.93. The molecule has 2 heterocycles. The zero-order chi connectivity index (χ0) is 23.9. The Bertz CT molecular complexity index is 803. The molecule has 1 aromatic rings. The predicted octanol–water partition coefficient (Wildman–Crippen LogP) is 4.74. The maximum atomic E-state index is 12.0. The van der Waals surface area contributed by atoms with Gasteiger partial charge in [0, 0.05) is 18.2 Å². The van der Waals surface area contributed by atoms with E-state index in [4.69, 9.17) is 14.2 Å². The van der Waals surface area contributed by atoms with Gasteiger partial charge in [0.1, 0.15) is 6.61 Å². The fourth-order valence-corrected chi connectivity index (χ4v) is 4.00. The number of unbranched alkanes of at least 4 members (excludes halogenated alkanes) is 12. The Morgan fingerprint density at radius 3 is 2.18 bits per heavy atom. The molecule has 8 heteroatoms. The number of H-pyrrole nitrogens is 1. The molecule has 0 unspecified atom stereocenters. The number of aromatic amines is 1. The second-order valence-electron chi connectivity index (χ2n) is 9.01. The van der Waals surface area contributed by atoms with Crippen LogP contribution >= 0.6 is 0 Å². The summed E-state index contributed by atoms with van der Waals surface area (Å²) in [6.07, 6.45) is 16.9. The van der Waals surface area contributed by atoms with Crippen LogP contribution in [0.2, 0.25) is 0 Å². The van der Waals surface area contributed by atoms with Gasteiger partial charge in [0.25, 0.3) is 5.56 Å². The van der Waals surface area contributed by atoms with Gasteiger partial charge < -0.3 is 14.2 Å². The molecule has 0 spiro atoms. The fourth-order valence-electron chi connectivity index (χ4n) is 4.00. The summed E-state index contributed by atoms with van der Waals surface area (Å²) in [6.45, 7) is 4.00. The lowest BCUT2D eigenvalue weighted by molar-refractivity contribution is -0.159. The molecule has 8 nitrogen and oxygen atoms in total. The van der Waals surface area contributed by atoms with Crippen molar-refractivity contribution in [2.24, 2.45) is 0 Å². The second-order valence-corrected chi connectivity index (χ2v) is 9.01. The number of carbonyl (C=O) groups excluding carboxylic acids is 1. The molecule has 0 aliphatic carbocycles. The summed E-state index contributed by atoms with van der Waals surface area (Å²) >= 11 is 0. The monoisotopic (exact) mass is 466 g/mol. The third-order valence-electron chi connectivity index (χ3n) is 6.05. The second kappa shape index (κ2) is 15.8. The molecule has 0 amide bonds. The van der Waals surface area contributed by atoms with E-state index in [1.165, 1.54) is 75.0 Å². The van der Waals surface area contributed by atoms with E-state index in [2.05, 4.69) is 11.9 Å². The summed E-state index contributed by atoms with van der Waals surface area (Å²) in [5.41, 5.74) is -0.570. The summed E-state index contributed by atoms with van der Waals surface area (Å²) < 4.78 is 17.6. The first-order valence-corrected chi connectivity index (χ1v) is 12.8. The topological polar surface area (TPSA) is 99.6 Å². The average molecular weight is 467 g/mol. The Balaban J connectivity index is 1.46. The van der Waals surface area contributed by atoms with Crippen molar-refractivity contribution in [3.05, 3.63) is 32.6 Å². The van der Waals surface area contributed by atoms with Crippen LogP contribution in [0.5, 0.6) is 0 Å². The minimum atomic E-state index is -0.718. The first-order chi connectivity index (χ1) is 16.0. The van der Waals surface area contributed by atoms with E-state index in [1.54, 1.807) is 6.92 Å². The highest BCUT2D eigenvalue weighted by atomic mass is 16.7. The van der Waals surface area contributed by atoms with Gasteiger partial charge in [-0.2, -0.15) is 0 Å². The zero-order valence-corrected chi connectivity index (χ0v) is 20.4. The minimum absolute atomic E-state index is 0.00906. The maximum Gasteiger partial charge on any atom is 0.330 e. The van der Waals surface area contributed by atoms with E-state index < -0.39 is 23.8 Å². The summed E-state index contributed by atoms with van der Waals surface area (Å²) in [7, 11) is 0. The van der Waals surface area contributed by atoms with Crippen molar-refractivity contribution < 1.29 is 19.0 Å². The summed E-state index contributed by atoms with van der Waals surface area (Å²) in [5, 5.41) is 0. The van der Waals surface area contributed by atoms with E-state index in [0.29, 0.717) is 12.0 Å². The predicted molar refractivity (Wildman–Crippen MR) is 127 cm³/mol. The van der Waals surface area contributed by atoms with E-state index in [9.17, 15) is 14.4 Å². The lowest BCUT2D eigenvalue weighted by Gasteiger charge is -2.14. The number of nitrogens with one attached hydrogen (secondary N) is 1. The molecule has 1 aromatic heterocycles. The van der Waals surface area contributed by atoms with Gasteiger partial charge in [-0.15, -0.1) is 0 Å². The van der Waals surface area contributed by atoms with Crippen LogP contribution < -0.4 is 11.2 Å². The van der Waals surface area contributed by atoms with Gasteiger partial charge in [0.05, 0.1) is 6.61 Å². The Morgan fingerprint density at radius 1 is 1.00 bits per heavy atom. The van der Waals surface area contributed by atoms with Gasteiger partial charge >= 0.3 is 11.7 Å². The van der Waals surface area contributed by atoms with Crippen LogP contribution in [-0.4, -0.2) is 35.0 Å². The van der Waals surface area contributed by atoms with Crippen LogP contribution in [0, 0.1) is 6.92 Å². The lowest BCUT2D eigenvalue weighted by atomic mass is 10.0. The van der Waals surface area contributed by atoms with Crippen molar-refractivity contribution in [3.8, 4) is 0 Å². The van der Waals surface area contributed by atoms with Crippen molar-refractivity contribution in [1.29, 1.82) is 0 Å². The molecule has 1 N–H and O–H groups in total. The van der Waals surface area contributed by atoms with E-state index in [0.717, 1.165) is 19.3 Å². The number of ether oxygens (including phenoxy) is 3. The molecular formula is C25H42N2O6. The number of carbonyl (C=O) groups is 1. The van der Waals surface area contributed by atoms with Crippen LogP contribution in [0.15, 0.2) is 15.8 Å². The molecule has 0 bridgehead atoms. The van der Waals surface area contributed by atoms with Crippen LogP contribution in [0.1, 0.15) is 109 Å². The zero-order valence-electron chi connectivity index (χ0n) is 20.4. The fraction of sp³-hybridized carbons (Fsp3) is 0.800. The highest BCUT2D eigenvalue weighted by Crippen LogP contribution is 2.20. The average Bonchev–Trinajstić information content (AvgIpc) is 3.26. The summed E-state index contributed by atoms with van der Waals surface area (Å²) in [5.74, 6) is -0.259. The van der Waals surface area contributed by atoms with Gasteiger partial charge in [-0.25, -0.2) is 4.79 Å². The number of esters is 1. The smallest absolute Gasteiger partial charge is 0.330 e. The Morgan fingerprint density at radius 2 is 1.58 bits per heavy atom. The largest absolute Gasteiger partial charge is 0.460 e. The number of hydrogen-bond donors (Lipinski definition) is 1. The van der Waals surface area contributed by atoms with Gasteiger partial charge in [-0.1, -0.05) is 84.0 Å². The highest BCUT2D eigenvalue weighted by Gasteiger charge is 2.29. The molecule has 1 saturated heterocycles. The molecular weight excluding hydrogens is 424 g/mol. The van der Waals surface area contributed by atoms with Crippen LogP contribution in [0.3, 0.4) is 0 Å². The molecule has 1 fully saturated rings. The Labute approximate surface area is 197 Å². The van der Waals surface area contributed by atoms with Gasteiger partial charge in [0.15, 0.2) is 12.5 Å². The SMILES string of the molecule is CCCCCCCCCCCCCCCC(=O)OC[C@@H]1OC[C@H](n2cc(C)c(=O)[nH]c2=O)O1. The molecule has 1 aliphatic rings. The molecule has 0 saturated carbocycles. The van der Waals surface area contributed by atoms with Crippen LogP contribution in [-0.2, 0) is 19.0 Å². The standard InChI is InChI=1S/C25H42N2O6/c1-3-4-5-6-7-8-9-10-11-12-13-14-15-16-22(28)31-19-23-32-18-21(33-23)27-17-20(2)24(29)26-25(27)30/h17,21,23H,3-16,18-19H2,1-2H3,(H,26,29,30)/t21-,23-/m1/s1. The normalized spacial score (nSPS) is 18.0. The number of hydrogen-bond acceptors (Lipinski definition) is 6. The molecule has 33 heavy (non-hydrogen) atoms. The van der Waals surface area contributed by atoms with E-state index in [-0.39, 0.29) is 19.2 Å². The van der Waals surface area contributed by atoms with Crippen LogP contribution in [0.25, 0.3) is 0 Å². The molecule has 0 aromatic carbocycles. The molecule has 2 rings (SSSR count). The van der Waals surface area contributed by atoms with Crippen molar-refractivity contribution in [1.82, 2.24) is 9.55 Å². The molecule has 2 atom stereocenters. The number of nitrogens with zero attached hydrogens (tertiary/aromatic N) is 1. The lowest BCUT2D eigenvalue weighted by Crippen LogP contribution is -2.34. The third-order valence-corrected chi connectivity index (χ3v) is 6.05. The number of aryl methyl sites for hydroxylation is 1.